The highest BCUT2D eigenvalue weighted by Gasteiger charge is 2.12. The first kappa shape index (κ1) is 18.1. The van der Waals surface area contributed by atoms with Crippen molar-refractivity contribution in [2.75, 3.05) is 11.1 Å². The van der Waals surface area contributed by atoms with Gasteiger partial charge in [-0.15, -0.1) is 0 Å². The minimum absolute atomic E-state index is 0.124. The van der Waals surface area contributed by atoms with E-state index in [0.29, 0.717) is 16.2 Å². The number of benzene rings is 1. The van der Waals surface area contributed by atoms with Gasteiger partial charge in [-0.3, -0.25) is 14.2 Å². The van der Waals surface area contributed by atoms with E-state index in [-0.39, 0.29) is 18.0 Å². The summed E-state index contributed by atoms with van der Waals surface area (Å²) < 4.78 is 1.27. The minimum Gasteiger partial charge on any atom is -0.324 e. The Morgan fingerprint density at radius 2 is 1.96 bits per heavy atom. The number of hydrogen-bond acceptors (Lipinski definition) is 6. The van der Waals surface area contributed by atoms with Gasteiger partial charge in [0.1, 0.15) is 18.3 Å². The number of amides is 1. The van der Waals surface area contributed by atoms with Gasteiger partial charge in [0.15, 0.2) is 10.8 Å². The second kappa shape index (κ2) is 7.65. The molecule has 0 spiro atoms. The van der Waals surface area contributed by atoms with Gasteiger partial charge in [0.2, 0.25) is 5.91 Å². The van der Waals surface area contributed by atoms with Crippen LogP contribution < -0.4 is 10.9 Å². The van der Waals surface area contributed by atoms with Crippen LogP contribution >= 0.6 is 11.8 Å². The Morgan fingerprint density at radius 1 is 1.23 bits per heavy atom. The first-order valence-corrected chi connectivity index (χ1v) is 9.19. The molecule has 2 heterocycles. The second-order valence-corrected chi connectivity index (χ2v) is 7.05. The van der Waals surface area contributed by atoms with Gasteiger partial charge in [0.25, 0.3) is 5.56 Å². The van der Waals surface area contributed by atoms with Crippen LogP contribution in [0.4, 0.5) is 5.69 Å². The quantitative estimate of drug-likeness (QED) is 0.549. The number of rotatable bonds is 5. The van der Waals surface area contributed by atoms with Crippen molar-refractivity contribution in [3.63, 3.8) is 0 Å². The van der Waals surface area contributed by atoms with Gasteiger partial charge in [-0.05, 0) is 30.7 Å². The van der Waals surface area contributed by atoms with Crippen LogP contribution in [0.25, 0.3) is 11.0 Å². The molecule has 1 aromatic carbocycles. The molecular weight excluding hydrogens is 350 g/mol. The monoisotopic (exact) mass is 369 g/mol. The molecule has 3 aromatic rings. The number of hydrogen-bond donors (Lipinski definition) is 1. The Bertz CT molecular complexity index is 1010. The number of nitrogens with zero attached hydrogens (tertiary/aromatic N) is 4. The number of nitrogens with one attached hydrogen (secondary N) is 1. The first-order valence-electron chi connectivity index (χ1n) is 8.20. The Labute approximate surface area is 154 Å². The molecule has 3 rings (SSSR count). The van der Waals surface area contributed by atoms with Crippen LogP contribution in [-0.4, -0.2) is 31.2 Å². The average molecular weight is 369 g/mol. The van der Waals surface area contributed by atoms with E-state index in [2.05, 4.69) is 20.3 Å². The lowest BCUT2D eigenvalue weighted by atomic mass is 10.1. The van der Waals surface area contributed by atoms with Crippen LogP contribution in [0.5, 0.6) is 0 Å². The summed E-state index contributed by atoms with van der Waals surface area (Å²) in [5.74, 6) is 0.547. The van der Waals surface area contributed by atoms with E-state index in [1.807, 2.05) is 39.0 Å². The van der Waals surface area contributed by atoms with E-state index in [9.17, 15) is 9.59 Å². The van der Waals surface area contributed by atoms with E-state index in [1.165, 1.54) is 28.9 Å². The van der Waals surface area contributed by atoms with Crippen LogP contribution in [0.1, 0.15) is 18.1 Å². The van der Waals surface area contributed by atoms with Gasteiger partial charge in [0.05, 0.1) is 0 Å². The molecule has 1 amide bonds. The van der Waals surface area contributed by atoms with Gasteiger partial charge >= 0.3 is 0 Å². The zero-order valence-corrected chi connectivity index (χ0v) is 15.6. The lowest BCUT2D eigenvalue weighted by molar-refractivity contribution is -0.116. The van der Waals surface area contributed by atoms with Crippen LogP contribution in [0, 0.1) is 13.8 Å². The van der Waals surface area contributed by atoms with Crippen LogP contribution in [0.15, 0.2) is 40.7 Å². The molecule has 26 heavy (non-hydrogen) atoms. The molecule has 0 aliphatic rings. The zero-order chi connectivity index (χ0) is 18.7. The molecule has 1 N–H and O–H groups in total. The van der Waals surface area contributed by atoms with Crippen molar-refractivity contribution in [3.8, 4) is 0 Å². The lowest BCUT2D eigenvalue weighted by Crippen LogP contribution is -2.28. The lowest BCUT2D eigenvalue weighted by Gasteiger charge is -2.12. The summed E-state index contributed by atoms with van der Waals surface area (Å²) in [4.78, 5) is 37.6. The number of aryl methyl sites for hydroxylation is 2. The van der Waals surface area contributed by atoms with Crippen molar-refractivity contribution in [1.82, 2.24) is 19.5 Å². The molecule has 0 saturated carbocycles. The zero-order valence-electron chi connectivity index (χ0n) is 14.8. The van der Waals surface area contributed by atoms with Gasteiger partial charge < -0.3 is 5.32 Å². The summed E-state index contributed by atoms with van der Waals surface area (Å²) >= 11 is 1.48. The van der Waals surface area contributed by atoms with Gasteiger partial charge in [-0.1, -0.05) is 36.9 Å². The largest absolute Gasteiger partial charge is 0.324 e. The average Bonchev–Trinajstić information content (AvgIpc) is 2.61. The molecule has 0 aliphatic carbocycles. The van der Waals surface area contributed by atoms with Crippen molar-refractivity contribution in [2.45, 2.75) is 32.5 Å². The van der Waals surface area contributed by atoms with E-state index >= 15 is 0 Å². The van der Waals surface area contributed by atoms with Crippen molar-refractivity contribution in [2.24, 2.45) is 0 Å². The standard InChI is InChI=1S/C18H19N5O2S/c1-4-26-18-19-8-13-16(22-18)20-10-23(17(13)25)9-14(24)21-15-11(2)6-5-7-12(15)3/h5-8,10H,4,9H2,1-3H3,(H,21,24). The third-order valence-corrected chi connectivity index (χ3v) is 4.63. The van der Waals surface area contributed by atoms with Crippen LogP contribution in [0.2, 0.25) is 0 Å². The number of carbonyl (C=O) groups excluding carboxylic acids is 1. The topological polar surface area (TPSA) is 89.8 Å². The van der Waals surface area contributed by atoms with Crippen LogP contribution in [0.3, 0.4) is 0 Å². The van der Waals surface area contributed by atoms with Gasteiger partial charge in [-0.25, -0.2) is 15.0 Å². The summed E-state index contributed by atoms with van der Waals surface area (Å²) in [6, 6.07) is 5.79. The Morgan fingerprint density at radius 3 is 2.65 bits per heavy atom. The molecular formula is C18H19N5O2S. The smallest absolute Gasteiger partial charge is 0.264 e. The fourth-order valence-corrected chi connectivity index (χ4v) is 3.13. The maximum absolute atomic E-state index is 12.6. The fraction of sp³-hybridized carbons (Fsp3) is 0.278. The molecule has 0 fully saturated rings. The summed E-state index contributed by atoms with van der Waals surface area (Å²) in [6.07, 6.45) is 2.82. The molecule has 2 aromatic heterocycles. The third-order valence-electron chi connectivity index (χ3n) is 3.89. The van der Waals surface area contributed by atoms with E-state index in [0.717, 1.165) is 22.6 Å². The summed E-state index contributed by atoms with van der Waals surface area (Å²) in [6.45, 7) is 5.73. The Kier molecular flexibility index (Phi) is 5.32. The SMILES string of the molecule is CCSc1ncc2c(=O)n(CC(=O)Nc3c(C)cccc3C)cnc2n1. The normalized spacial score (nSPS) is 10.9. The second-order valence-electron chi connectivity index (χ2n) is 5.82. The maximum Gasteiger partial charge on any atom is 0.264 e. The third kappa shape index (κ3) is 3.75. The van der Waals surface area contributed by atoms with Gasteiger partial charge in [-0.2, -0.15) is 0 Å². The molecule has 0 unspecified atom stereocenters. The van der Waals surface area contributed by atoms with Crippen LogP contribution in [-0.2, 0) is 11.3 Å². The first-order chi connectivity index (χ1) is 12.5. The molecule has 7 nitrogen and oxygen atoms in total. The van der Waals surface area contributed by atoms with Gasteiger partial charge in [0, 0.05) is 11.9 Å². The maximum atomic E-state index is 12.6. The molecule has 0 bridgehead atoms. The van der Waals surface area contributed by atoms with Crippen molar-refractivity contribution < 1.29 is 4.79 Å². The number of anilines is 1. The number of para-hydroxylation sites is 1. The Hall–Kier alpha value is -2.74. The molecule has 134 valence electrons. The highest BCUT2D eigenvalue weighted by molar-refractivity contribution is 7.99. The highest BCUT2D eigenvalue weighted by atomic mass is 32.2. The molecule has 0 radical (unpaired) electrons. The number of fused-ring (bicyclic) bond motifs is 1. The molecule has 0 aliphatic heterocycles. The molecule has 0 atom stereocenters. The summed E-state index contributed by atoms with van der Waals surface area (Å²) in [5.41, 5.74) is 2.71. The Balaban J connectivity index is 1.84. The molecule has 0 saturated heterocycles. The van der Waals surface area contributed by atoms with Crippen molar-refractivity contribution in [3.05, 3.63) is 52.2 Å². The summed E-state index contributed by atoms with van der Waals surface area (Å²) in [7, 11) is 0. The minimum atomic E-state index is -0.334. The van der Waals surface area contributed by atoms with Crippen molar-refractivity contribution in [1.29, 1.82) is 0 Å². The highest BCUT2D eigenvalue weighted by Crippen LogP contribution is 2.19. The fourth-order valence-electron chi connectivity index (χ4n) is 2.59. The number of thioether (sulfide) groups is 1. The van der Waals surface area contributed by atoms with E-state index < -0.39 is 0 Å². The summed E-state index contributed by atoms with van der Waals surface area (Å²) in [5, 5.41) is 3.75. The molecule has 8 heteroatoms. The van der Waals surface area contributed by atoms with E-state index in [4.69, 9.17) is 0 Å². The van der Waals surface area contributed by atoms with E-state index in [1.54, 1.807) is 0 Å². The van der Waals surface area contributed by atoms with Crippen molar-refractivity contribution >= 4 is 34.4 Å². The number of aromatic nitrogens is 4. The predicted molar refractivity (Wildman–Crippen MR) is 103 cm³/mol. The number of carbonyl (C=O) groups is 1. The predicted octanol–water partition coefficient (Wildman–Crippen LogP) is 2.55.